The van der Waals surface area contributed by atoms with Gasteiger partial charge in [-0.2, -0.15) is 0 Å². The van der Waals surface area contributed by atoms with Crippen molar-refractivity contribution in [3.63, 3.8) is 0 Å². The number of imidazole rings is 1. The second-order valence-electron chi connectivity index (χ2n) is 4.29. The molecule has 0 unspecified atom stereocenters. The quantitative estimate of drug-likeness (QED) is 0.823. The van der Waals surface area contributed by atoms with Crippen LogP contribution in [0.3, 0.4) is 0 Å². The van der Waals surface area contributed by atoms with E-state index in [2.05, 4.69) is 16.5 Å². The zero-order chi connectivity index (χ0) is 11.0. The molecular formula is C12H14ClN3. The van der Waals surface area contributed by atoms with Gasteiger partial charge in [-0.05, 0) is 37.4 Å². The molecule has 0 aliphatic carbocycles. The number of piperidine rings is 1. The van der Waals surface area contributed by atoms with Crippen LogP contribution in [-0.4, -0.2) is 22.5 Å². The van der Waals surface area contributed by atoms with E-state index in [4.69, 9.17) is 11.6 Å². The minimum atomic E-state index is 0.584. The van der Waals surface area contributed by atoms with Crippen molar-refractivity contribution in [2.75, 3.05) is 13.1 Å². The van der Waals surface area contributed by atoms with Gasteiger partial charge in [0.25, 0.3) is 0 Å². The molecule has 0 saturated carbocycles. The lowest BCUT2D eigenvalue weighted by molar-refractivity contribution is 0.459. The van der Waals surface area contributed by atoms with Crippen LogP contribution in [0.5, 0.6) is 0 Å². The Morgan fingerprint density at radius 1 is 1.38 bits per heavy atom. The number of aromatic nitrogens is 2. The van der Waals surface area contributed by atoms with Crippen molar-refractivity contribution < 1.29 is 0 Å². The van der Waals surface area contributed by atoms with Gasteiger partial charge in [0, 0.05) is 29.7 Å². The van der Waals surface area contributed by atoms with E-state index in [1.54, 1.807) is 6.20 Å². The Morgan fingerprint density at radius 3 is 3.00 bits per heavy atom. The van der Waals surface area contributed by atoms with E-state index in [-0.39, 0.29) is 0 Å². The van der Waals surface area contributed by atoms with E-state index in [1.165, 1.54) is 18.4 Å². The summed E-state index contributed by atoms with van der Waals surface area (Å²) in [6, 6.07) is 1.96. The molecule has 1 aliphatic rings. The number of nitrogens with one attached hydrogen (secondary N) is 1. The Hall–Kier alpha value is -1.06. The minimum Gasteiger partial charge on any atom is -0.317 e. The Balaban J connectivity index is 2.03. The summed E-state index contributed by atoms with van der Waals surface area (Å²) in [7, 11) is 0. The Kier molecular flexibility index (Phi) is 2.58. The first-order chi connectivity index (χ1) is 7.84. The van der Waals surface area contributed by atoms with E-state index < -0.39 is 0 Å². The highest BCUT2D eigenvalue weighted by atomic mass is 35.5. The molecule has 2 aromatic rings. The van der Waals surface area contributed by atoms with Crippen molar-refractivity contribution in [1.29, 1.82) is 0 Å². The summed E-state index contributed by atoms with van der Waals surface area (Å²) in [5, 5.41) is 4.23. The molecular weight excluding hydrogens is 222 g/mol. The number of fused-ring (bicyclic) bond motifs is 1. The highest BCUT2D eigenvalue weighted by Gasteiger charge is 2.18. The highest BCUT2D eigenvalue weighted by Crippen LogP contribution is 2.31. The molecule has 3 nitrogen and oxygen atoms in total. The van der Waals surface area contributed by atoms with Gasteiger partial charge in [0.2, 0.25) is 0 Å². The third-order valence-electron chi connectivity index (χ3n) is 3.29. The molecule has 0 aromatic carbocycles. The summed E-state index contributed by atoms with van der Waals surface area (Å²) >= 11 is 6.32. The summed E-state index contributed by atoms with van der Waals surface area (Å²) in [5.41, 5.74) is 2.18. The smallest absolute Gasteiger partial charge is 0.138 e. The monoisotopic (exact) mass is 235 g/mol. The van der Waals surface area contributed by atoms with Crippen molar-refractivity contribution in [2.24, 2.45) is 0 Å². The highest BCUT2D eigenvalue weighted by molar-refractivity contribution is 6.31. The Morgan fingerprint density at radius 2 is 2.19 bits per heavy atom. The van der Waals surface area contributed by atoms with Crippen molar-refractivity contribution in [3.8, 4) is 0 Å². The SMILES string of the molecule is Clc1cc2nccn2cc1C1CCNCC1. The normalized spacial score (nSPS) is 18.1. The van der Waals surface area contributed by atoms with Crippen LogP contribution in [-0.2, 0) is 0 Å². The first-order valence-corrected chi connectivity index (χ1v) is 6.05. The van der Waals surface area contributed by atoms with Crippen molar-refractivity contribution in [1.82, 2.24) is 14.7 Å². The number of pyridine rings is 1. The van der Waals surface area contributed by atoms with E-state index in [1.807, 2.05) is 16.7 Å². The third kappa shape index (κ3) is 1.70. The Bertz CT molecular complexity index is 500. The lowest BCUT2D eigenvalue weighted by Crippen LogP contribution is -2.26. The fraction of sp³-hybridized carbons (Fsp3) is 0.417. The standard InChI is InChI=1S/C12H14ClN3/c13-11-7-12-15-5-6-16(12)8-10(11)9-1-3-14-4-2-9/h5-9,14H,1-4H2. The molecule has 84 valence electrons. The fourth-order valence-electron chi connectivity index (χ4n) is 2.39. The van der Waals surface area contributed by atoms with Gasteiger partial charge in [-0.1, -0.05) is 11.6 Å². The van der Waals surface area contributed by atoms with Crippen LogP contribution >= 0.6 is 11.6 Å². The van der Waals surface area contributed by atoms with Crippen LogP contribution in [0.25, 0.3) is 5.65 Å². The minimum absolute atomic E-state index is 0.584. The summed E-state index contributed by atoms with van der Waals surface area (Å²) in [6.07, 6.45) is 8.23. The molecule has 0 radical (unpaired) electrons. The van der Waals surface area contributed by atoms with Crippen molar-refractivity contribution in [3.05, 3.63) is 35.2 Å². The van der Waals surface area contributed by atoms with Crippen LogP contribution in [0.15, 0.2) is 24.7 Å². The zero-order valence-corrected chi connectivity index (χ0v) is 9.74. The van der Waals surface area contributed by atoms with E-state index in [0.29, 0.717) is 5.92 Å². The first kappa shape index (κ1) is 10.1. The maximum Gasteiger partial charge on any atom is 0.138 e. The fourth-order valence-corrected chi connectivity index (χ4v) is 2.69. The molecule has 1 saturated heterocycles. The molecule has 0 amide bonds. The predicted molar refractivity (Wildman–Crippen MR) is 65.0 cm³/mol. The van der Waals surface area contributed by atoms with Gasteiger partial charge in [-0.3, -0.25) is 0 Å². The molecule has 0 spiro atoms. The number of hydrogen-bond acceptors (Lipinski definition) is 2. The molecule has 4 heteroatoms. The summed E-state index contributed by atoms with van der Waals surface area (Å²) in [4.78, 5) is 4.23. The van der Waals surface area contributed by atoms with Gasteiger partial charge in [-0.15, -0.1) is 0 Å². The maximum atomic E-state index is 6.32. The summed E-state index contributed by atoms with van der Waals surface area (Å²) < 4.78 is 2.04. The summed E-state index contributed by atoms with van der Waals surface area (Å²) in [5.74, 6) is 0.584. The summed E-state index contributed by atoms with van der Waals surface area (Å²) in [6.45, 7) is 2.17. The molecule has 16 heavy (non-hydrogen) atoms. The number of nitrogens with zero attached hydrogens (tertiary/aromatic N) is 2. The van der Waals surface area contributed by atoms with E-state index in [0.717, 1.165) is 23.8 Å². The molecule has 3 heterocycles. The van der Waals surface area contributed by atoms with Gasteiger partial charge >= 0.3 is 0 Å². The Labute approximate surface area is 99.4 Å². The molecule has 3 rings (SSSR count). The number of hydrogen-bond donors (Lipinski definition) is 1. The van der Waals surface area contributed by atoms with Crippen LogP contribution in [0.4, 0.5) is 0 Å². The lowest BCUT2D eigenvalue weighted by Gasteiger charge is -2.23. The van der Waals surface area contributed by atoms with E-state index >= 15 is 0 Å². The molecule has 1 fully saturated rings. The third-order valence-corrected chi connectivity index (χ3v) is 3.61. The topological polar surface area (TPSA) is 29.3 Å². The van der Waals surface area contributed by atoms with Crippen molar-refractivity contribution in [2.45, 2.75) is 18.8 Å². The zero-order valence-electron chi connectivity index (χ0n) is 8.99. The van der Waals surface area contributed by atoms with Gasteiger partial charge in [0.1, 0.15) is 5.65 Å². The van der Waals surface area contributed by atoms with Crippen LogP contribution in [0.1, 0.15) is 24.3 Å². The van der Waals surface area contributed by atoms with Gasteiger partial charge in [0.05, 0.1) is 0 Å². The van der Waals surface area contributed by atoms with E-state index in [9.17, 15) is 0 Å². The van der Waals surface area contributed by atoms with Gasteiger partial charge < -0.3 is 9.72 Å². The first-order valence-electron chi connectivity index (χ1n) is 5.67. The van der Waals surface area contributed by atoms with Crippen LogP contribution in [0, 0.1) is 0 Å². The van der Waals surface area contributed by atoms with Gasteiger partial charge in [0.15, 0.2) is 0 Å². The maximum absolute atomic E-state index is 6.32. The largest absolute Gasteiger partial charge is 0.317 e. The average Bonchev–Trinajstić information content (AvgIpc) is 2.76. The lowest BCUT2D eigenvalue weighted by atomic mass is 9.91. The number of rotatable bonds is 1. The number of halogens is 1. The predicted octanol–water partition coefficient (Wildman–Crippen LogP) is 2.45. The molecule has 1 aliphatic heterocycles. The van der Waals surface area contributed by atoms with Crippen LogP contribution < -0.4 is 5.32 Å². The average molecular weight is 236 g/mol. The molecule has 0 atom stereocenters. The molecule has 2 aromatic heterocycles. The molecule has 1 N–H and O–H groups in total. The second kappa shape index (κ2) is 4.07. The van der Waals surface area contributed by atoms with Crippen molar-refractivity contribution >= 4 is 17.2 Å². The van der Waals surface area contributed by atoms with Gasteiger partial charge in [-0.25, -0.2) is 4.98 Å². The second-order valence-corrected chi connectivity index (χ2v) is 4.70. The van der Waals surface area contributed by atoms with Crippen LogP contribution in [0.2, 0.25) is 5.02 Å². The molecule has 0 bridgehead atoms.